The number of nitrogens with one attached hydrogen (secondary N) is 2. The van der Waals surface area contributed by atoms with Gasteiger partial charge in [0.1, 0.15) is 6.61 Å². The molecule has 0 aliphatic carbocycles. The summed E-state index contributed by atoms with van der Waals surface area (Å²) in [4.78, 5) is 21.7. The first-order valence-electron chi connectivity index (χ1n) is 6.36. The van der Waals surface area contributed by atoms with Crippen LogP contribution in [0, 0.1) is 0 Å². The van der Waals surface area contributed by atoms with Crippen molar-refractivity contribution in [3.63, 3.8) is 0 Å². The number of carbonyl (C=O) groups is 2. The van der Waals surface area contributed by atoms with Gasteiger partial charge in [-0.05, 0) is 19.1 Å². The van der Waals surface area contributed by atoms with E-state index in [0.29, 0.717) is 13.1 Å². The highest BCUT2D eigenvalue weighted by Crippen LogP contribution is 2.29. The molecule has 0 bridgehead atoms. The summed E-state index contributed by atoms with van der Waals surface area (Å²) in [5, 5.41) is 13.8. The third kappa shape index (κ3) is 7.94. The number of carboxylic acid groups (broad SMARTS) is 1. The number of urea groups is 1. The summed E-state index contributed by atoms with van der Waals surface area (Å²) in [6.45, 7) is 4.98. The number of ether oxygens (including phenoxy) is 1. The van der Waals surface area contributed by atoms with E-state index in [2.05, 4.69) is 24.5 Å². The van der Waals surface area contributed by atoms with Crippen LogP contribution in [0.2, 0.25) is 0 Å². The molecule has 0 aromatic carbocycles. The average molecular weight is 292 g/mol. The summed E-state index contributed by atoms with van der Waals surface area (Å²) in [5.74, 6) is -1.01. The lowest BCUT2D eigenvalue weighted by Gasteiger charge is -2.29. The molecule has 0 atom stereocenters. The lowest BCUT2D eigenvalue weighted by atomic mass is 10.0. The quantitative estimate of drug-likeness (QED) is 0.528. The van der Waals surface area contributed by atoms with Gasteiger partial charge < -0.3 is 20.5 Å². The van der Waals surface area contributed by atoms with Gasteiger partial charge in [0, 0.05) is 17.8 Å². The van der Waals surface area contributed by atoms with Crippen molar-refractivity contribution >= 4 is 23.8 Å². The largest absolute Gasteiger partial charge is 0.480 e. The molecule has 0 spiro atoms. The van der Waals surface area contributed by atoms with E-state index in [9.17, 15) is 9.59 Å². The van der Waals surface area contributed by atoms with Gasteiger partial charge in [0.05, 0.1) is 6.61 Å². The predicted octanol–water partition coefficient (Wildman–Crippen LogP) is 1.31. The molecular weight excluding hydrogens is 268 g/mol. The van der Waals surface area contributed by atoms with Gasteiger partial charge in [0.15, 0.2) is 0 Å². The van der Waals surface area contributed by atoms with E-state index in [0.717, 1.165) is 12.8 Å². The number of hydrogen-bond donors (Lipinski definition) is 3. The number of thioether (sulfide) groups is 1. The fourth-order valence-electron chi connectivity index (χ4n) is 1.56. The van der Waals surface area contributed by atoms with Crippen LogP contribution < -0.4 is 10.6 Å². The minimum absolute atomic E-state index is 0.0805. The van der Waals surface area contributed by atoms with Gasteiger partial charge in [-0.25, -0.2) is 9.59 Å². The Balaban J connectivity index is 3.77. The van der Waals surface area contributed by atoms with Crippen LogP contribution in [-0.4, -0.2) is 54.4 Å². The Morgan fingerprint density at radius 2 is 1.89 bits per heavy atom. The van der Waals surface area contributed by atoms with Gasteiger partial charge in [-0.1, -0.05) is 13.8 Å². The molecular formula is C12H24N2O4S. The molecule has 3 N–H and O–H groups in total. The van der Waals surface area contributed by atoms with E-state index in [1.54, 1.807) is 11.8 Å². The Hall–Kier alpha value is -0.950. The summed E-state index contributed by atoms with van der Waals surface area (Å²) in [6.07, 6.45) is 4.03. The fourth-order valence-corrected chi connectivity index (χ4v) is 2.35. The lowest BCUT2D eigenvalue weighted by molar-refractivity contribution is -0.142. The summed E-state index contributed by atoms with van der Waals surface area (Å²) in [7, 11) is 0. The highest BCUT2D eigenvalue weighted by molar-refractivity contribution is 8.00. The van der Waals surface area contributed by atoms with Gasteiger partial charge in [-0.3, -0.25) is 0 Å². The van der Waals surface area contributed by atoms with E-state index in [-0.39, 0.29) is 24.0 Å². The maximum absolute atomic E-state index is 11.5. The van der Waals surface area contributed by atoms with Crippen LogP contribution >= 0.6 is 11.8 Å². The van der Waals surface area contributed by atoms with E-state index < -0.39 is 5.97 Å². The van der Waals surface area contributed by atoms with Crippen LogP contribution in [0.5, 0.6) is 0 Å². The monoisotopic (exact) mass is 292 g/mol. The first-order valence-corrected chi connectivity index (χ1v) is 7.58. The smallest absolute Gasteiger partial charge is 0.329 e. The molecule has 0 aliphatic heterocycles. The molecule has 0 saturated carbocycles. The summed E-state index contributed by atoms with van der Waals surface area (Å²) in [5.41, 5.74) is 0. The Morgan fingerprint density at radius 3 is 2.37 bits per heavy atom. The number of aliphatic carboxylic acids is 1. The van der Waals surface area contributed by atoms with Crippen molar-refractivity contribution in [2.75, 3.05) is 32.6 Å². The van der Waals surface area contributed by atoms with Gasteiger partial charge in [0.2, 0.25) is 0 Å². The number of amides is 2. The van der Waals surface area contributed by atoms with Gasteiger partial charge in [-0.2, -0.15) is 11.8 Å². The first kappa shape index (κ1) is 18.0. The zero-order valence-corrected chi connectivity index (χ0v) is 12.6. The number of carboxylic acids is 1. The number of hydrogen-bond acceptors (Lipinski definition) is 4. The van der Waals surface area contributed by atoms with Crippen LogP contribution in [-0.2, 0) is 9.53 Å². The van der Waals surface area contributed by atoms with Crippen LogP contribution in [0.3, 0.4) is 0 Å². The van der Waals surface area contributed by atoms with E-state index >= 15 is 0 Å². The number of rotatable bonds is 10. The Kier molecular flexibility index (Phi) is 9.42. The molecule has 112 valence electrons. The topological polar surface area (TPSA) is 87.7 Å². The average Bonchev–Trinajstić information content (AvgIpc) is 2.40. The van der Waals surface area contributed by atoms with Crippen molar-refractivity contribution in [3.8, 4) is 0 Å². The van der Waals surface area contributed by atoms with Crippen molar-refractivity contribution in [2.24, 2.45) is 0 Å². The molecule has 0 radical (unpaired) electrons. The molecule has 19 heavy (non-hydrogen) atoms. The van der Waals surface area contributed by atoms with Crippen molar-refractivity contribution in [1.82, 2.24) is 10.6 Å². The second kappa shape index (κ2) is 9.91. The van der Waals surface area contributed by atoms with Crippen molar-refractivity contribution in [1.29, 1.82) is 0 Å². The SMILES string of the molecule is CCC(CC)(CNC(=O)NCCOCC(=O)O)SC. The molecule has 2 amide bonds. The molecule has 6 nitrogen and oxygen atoms in total. The van der Waals surface area contributed by atoms with E-state index in [1.807, 2.05) is 6.26 Å². The lowest BCUT2D eigenvalue weighted by Crippen LogP contribution is -2.44. The Bertz CT molecular complexity index is 275. The minimum atomic E-state index is -1.01. The minimum Gasteiger partial charge on any atom is -0.480 e. The predicted molar refractivity (Wildman–Crippen MR) is 76.7 cm³/mol. The van der Waals surface area contributed by atoms with Gasteiger partial charge in [0.25, 0.3) is 0 Å². The fraction of sp³-hybridized carbons (Fsp3) is 0.833. The number of carbonyl (C=O) groups excluding carboxylic acids is 1. The van der Waals surface area contributed by atoms with Gasteiger partial charge in [-0.15, -0.1) is 0 Å². The van der Waals surface area contributed by atoms with Crippen LogP contribution in [0.1, 0.15) is 26.7 Å². The second-order valence-electron chi connectivity index (χ2n) is 4.15. The Morgan fingerprint density at radius 1 is 1.26 bits per heavy atom. The summed E-state index contributed by atoms with van der Waals surface area (Å²) in [6, 6.07) is -0.251. The van der Waals surface area contributed by atoms with Crippen molar-refractivity contribution in [3.05, 3.63) is 0 Å². The highest BCUT2D eigenvalue weighted by atomic mass is 32.2. The highest BCUT2D eigenvalue weighted by Gasteiger charge is 2.25. The third-order valence-electron chi connectivity index (χ3n) is 3.05. The third-order valence-corrected chi connectivity index (χ3v) is 4.64. The summed E-state index contributed by atoms with van der Waals surface area (Å²) < 4.78 is 4.89. The molecule has 0 heterocycles. The molecule has 0 aromatic heterocycles. The molecule has 0 aromatic rings. The molecule has 0 aliphatic rings. The van der Waals surface area contributed by atoms with Crippen molar-refractivity contribution < 1.29 is 19.4 Å². The zero-order chi connectivity index (χ0) is 14.7. The second-order valence-corrected chi connectivity index (χ2v) is 5.42. The maximum atomic E-state index is 11.5. The van der Waals surface area contributed by atoms with E-state index in [1.165, 1.54) is 0 Å². The molecule has 0 saturated heterocycles. The maximum Gasteiger partial charge on any atom is 0.329 e. The molecule has 7 heteroatoms. The Labute approximate surface area is 118 Å². The first-order chi connectivity index (χ1) is 8.99. The van der Waals surface area contributed by atoms with Gasteiger partial charge >= 0.3 is 12.0 Å². The van der Waals surface area contributed by atoms with Crippen LogP contribution in [0.15, 0.2) is 0 Å². The molecule has 0 rings (SSSR count). The van der Waals surface area contributed by atoms with Crippen molar-refractivity contribution in [2.45, 2.75) is 31.4 Å². The molecule has 0 fully saturated rings. The normalized spacial score (nSPS) is 11.1. The van der Waals surface area contributed by atoms with E-state index in [4.69, 9.17) is 9.84 Å². The molecule has 0 unspecified atom stereocenters. The summed E-state index contributed by atoms with van der Waals surface area (Å²) >= 11 is 1.76. The van der Waals surface area contributed by atoms with Crippen LogP contribution in [0.25, 0.3) is 0 Å². The standard InChI is InChI=1S/C12H24N2O4S/c1-4-12(5-2,19-3)9-14-11(17)13-6-7-18-8-10(15)16/h4-9H2,1-3H3,(H,15,16)(H2,13,14,17). The zero-order valence-electron chi connectivity index (χ0n) is 11.8. The van der Waals surface area contributed by atoms with Crippen LogP contribution in [0.4, 0.5) is 4.79 Å².